The van der Waals surface area contributed by atoms with Crippen molar-refractivity contribution in [1.82, 2.24) is 15.2 Å². The Balaban J connectivity index is 1.97. The molecule has 5 nitrogen and oxygen atoms in total. The summed E-state index contributed by atoms with van der Waals surface area (Å²) in [7, 11) is 5.81. The van der Waals surface area contributed by atoms with Crippen LogP contribution in [0.2, 0.25) is 0 Å². The highest BCUT2D eigenvalue weighted by atomic mass is 32.2. The summed E-state index contributed by atoms with van der Waals surface area (Å²) < 4.78 is 0.988. The van der Waals surface area contributed by atoms with Gasteiger partial charge in [-0.15, -0.1) is 10.2 Å². The van der Waals surface area contributed by atoms with Gasteiger partial charge in [0.2, 0.25) is 5.13 Å². The van der Waals surface area contributed by atoms with Crippen LogP contribution in [0.4, 0.5) is 10.9 Å². The Morgan fingerprint density at radius 3 is 2.89 bits per heavy atom. The van der Waals surface area contributed by atoms with Crippen LogP contribution in [0, 0.1) is 0 Å². The van der Waals surface area contributed by atoms with Gasteiger partial charge in [-0.3, -0.25) is 0 Å². The molecule has 0 aliphatic heterocycles. The second-order valence-corrected chi connectivity index (χ2v) is 6.01. The molecule has 1 N–H and O–H groups in total. The number of hydrogen-bond donors (Lipinski definition) is 1. The minimum atomic E-state index is 0.874. The maximum atomic E-state index is 4.19. The Labute approximate surface area is 115 Å². The first-order valence-electron chi connectivity index (χ1n) is 5.45. The van der Waals surface area contributed by atoms with E-state index in [-0.39, 0.29) is 0 Å². The molecule has 7 heteroatoms. The molecular weight excluding hydrogens is 266 g/mol. The topological polar surface area (TPSA) is 53.9 Å². The first-order valence-corrected chi connectivity index (χ1v) is 7.25. The molecular formula is C11H15N5S2. The van der Waals surface area contributed by atoms with Crippen molar-refractivity contribution in [3.8, 4) is 0 Å². The van der Waals surface area contributed by atoms with Crippen LogP contribution in [0.25, 0.3) is 0 Å². The van der Waals surface area contributed by atoms with Gasteiger partial charge in [0.15, 0.2) is 4.34 Å². The van der Waals surface area contributed by atoms with Gasteiger partial charge >= 0.3 is 0 Å². The summed E-state index contributed by atoms with van der Waals surface area (Å²) in [6.45, 7) is 0. The number of hydrogen-bond acceptors (Lipinski definition) is 7. The lowest BCUT2D eigenvalue weighted by Gasteiger charge is -2.04. The van der Waals surface area contributed by atoms with Gasteiger partial charge in [0.25, 0.3) is 0 Å². The fourth-order valence-corrected chi connectivity index (χ4v) is 2.99. The molecule has 2 aromatic rings. The molecule has 0 fully saturated rings. The molecule has 18 heavy (non-hydrogen) atoms. The van der Waals surface area contributed by atoms with Gasteiger partial charge in [0.1, 0.15) is 5.82 Å². The average Bonchev–Trinajstić information content (AvgIpc) is 2.85. The molecule has 0 aromatic carbocycles. The first kappa shape index (κ1) is 13.1. The summed E-state index contributed by atoms with van der Waals surface area (Å²) in [6, 6.07) is 4.06. The number of nitrogens with zero attached hydrogens (tertiary/aromatic N) is 4. The van der Waals surface area contributed by atoms with Crippen LogP contribution in [0.1, 0.15) is 5.56 Å². The molecule has 2 rings (SSSR count). The number of rotatable bonds is 5. The third-order valence-corrected chi connectivity index (χ3v) is 4.52. The second-order valence-electron chi connectivity index (χ2n) is 3.83. The maximum Gasteiger partial charge on any atom is 0.208 e. The highest BCUT2D eigenvalue weighted by Gasteiger charge is 2.06. The van der Waals surface area contributed by atoms with E-state index in [1.165, 1.54) is 5.56 Å². The van der Waals surface area contributed by atoms with Gasteiger partial charge in [-0.2, -0.15) is 0 Å². The summed E-state index contributed by atoms with van der Waals surface area (Å²) >= 11 is 3.30. The molecule has 0 atom stereocenters. The molecule has 0 unspecified atom stereocenters. The second kappa shape index (κ2) is 6.01. The Kier molecular flexibility index (Phi) is 4.38. The van der Waals surface area contributed by atoms with Gasteiger partial charge in [-0.25, -0.2) is 4.98 Å². The Morgan fingerprint density at radius 2 is 2.22 bits per heavy atom. The summed E-state index contributed by atoms with van der Waals surface area (Å²) in [5.41, 5.74) is 1.22. The summed E-state index contributed by atoms with van der Waals surface area (Å²) in [6.07, 6.45) is 1.81. The number of pyridine rings is 1. The number of aromatic nitrogens is 3. The predicted octanol–water partition coefficient (Wildman–Crippen LogP) is 2.33. The maximum absolute atomic E-state index is 4.19. The summed E-state index contributed by atoms with van der Waals surface area (Å²) in [4.78, 5) is 6.15. The van der Waals surface area contributed by atoms with E-state index in [9.17, 15) is 0 Å². The Morgan fingerprint density at radius 1 is 1.39 bits per heavy atom. The average molecular weight is 281 g/mol. The lowest BCUT2D eigenvalue weighted by Crippen LogP contribution is -2.07. The van der Waals surface area contributed by atoms with Gasteiger partial charge in [-0.1, -0.05) is 23.1 Å². The predicted molar refractivity (Wildman–Crippen MR) is 77.6 cm³/mol. The van der Waals surface area contributed by atoms with Crippen LogP contribution in [-0.2, 0) is 5.75 Å². The zero-order valence-corrected chi connectivity index (χ0v) is 12.2. The van der Waals surface area contributed by atoms with Crippen molar-refractivity contribution < 1.29 is 0 Å². The van der Waals surface area contributed by atoms with Crippen molar-refractivity contribution in [3.05, 3.63) is 23.9 Å². The minimum absolute atomic E-state index is 0.874. The normalized spacial score (nSPS) is 10.4. The van der Waals surface area contributed by atoms with Gasteiger partial charge < -0.3 is 10.2 Å². The number of anilines is 2. The summed E-state index contributed by atoms with van der Waals surface area (Å²) in [5.74, 6) is 1.76. The molecule has 0 saturated heterocycles. The van der Waals surface area contributed by atoms with Crippen molar-refractivity contribution in [2.24, 2.45) is 0 Å². The lowest BCUT2D eigenvalue weighted by atomic mass is 10.3. The Hall–Kier alpha value is -1.34. The monoisotopic (exact) mass is 281 g/mol. The molecule has 0 saturated carbocycles. The first-order chi connectivity index (χ1) is 8.69. The smallest absolute Gasteiger partial charge is 0.208 e. The highest BCUT2D eigenvalue weighted by molar-refractivity contribution is 8.00. The van der Waals surface area contributed by atoms with Crippen LogP contribution in [-0.4, -0.2) is 36.3 Å². The quantitative estimate of drug-likeness (QED) is 0.849. The van der Waals surface area contributed by atoms with E-state index in [0.29, 0.717) is 0 Å². The Bertz CT molecular complexity index is 512. The van der Waals surface area contributed by atoms with Crippen molar-refractivity contribution in [2.45, 2.75) is 10.1 Å². The van der Waals surface area contributed by atoms with E-state index in [4.69, 9.17) is 0 Å². The van der Waals surface area contributed by atoms with Gasteiger partial charge in [0, 0.05) is 33.1 Å². The SMILES string of the molecule is CNc1cc(CSc2nnc(N(C)C)s2)ccn1. The van der Waals surface area contributed by atoms with Crippen LogP contribution in [0.15, 0.2) is 22.7 Å². The zero-order chi connectivity index (χ0) is 13.0. The molecule has 0 spiro atoms. The van der Waals surface area contributed by atoms with E-state index in [0.717, 1.165) is 21.0 Å². The number of nitrogens with one attached hydrogen (secondary N) is 1. The molecule has 2 heterocycles. The molecule has 0 radical (unpaired) electrons. The van der Waals surface area contributed by atoms with E-state index >= 15 is 0 Å². The molecule has 2 aromatic heterocycles. The van der Waals surface area contributed by atoms with Crippen molar-refractivity contribution in [2.75, 3.05) is 31.4 Å². The van der Waals surface area contributed by atoms with Crippen LogP contribution < -0.4 is 10.2 Å². The van der Waals surface area contributed by atoms with E-state index in [1.54, 1.807) is 23.1 Å². The largest absolute Gasteiger partial charge is 0.373 e. The van der Waals surface area contributed by atoms with Crippen molar-refractivity contribution >= 4 is 34.0 Å². The molecule has 0 aliphatic rings. The number of thioether (sulfide) groups is 1. The lowest BCUT2D eigenvalue weighted by molar-refractivity contribution is 0.972. The van der Waals surface area contributed by atoms with E-state index in [2.05, 4.69) is 20.5 Å². The van der Waals surface area contributed by atoms with E-state index < -0.39 is 0 Å². The summed E-state index contributed by atoms with van der Waals surface area (Å²) in [5, 5.41) is 12.2. The van der Waals surface area contributed by atoms with Crippen molar-refractivity contribution in [1.29, 1.82) is 0 Å². The molecule has 96 valence electrons. The fraction of sp³-hybridized carbons (Fsp3) is 0.364. The molecule has 0 bridgehead atoms. The zero-order valence-electron chi connectivity index (χ0n) is 10.5. The molecule has 0 aliphatic carbocycles. The van der Waals surface area contributed by atoms with Crippen LogP contribution >= 0.6 is 23.1 Å². The fourth-order valence-electron chi connectivity index (χ4n) is 1.29. The third kappa shape index (κ3) is 3.33. The standard InChI is InChI=1S/C11H15N5S2/c1-12-9-6-8(4-5-13-9)7-17-11-15-14-10(18-11)16(2)3/h4-6H,7H2,1-3H3,(H,12,13). The van der Waals surface area contributed by atoms with Gasteiger partial charge in [-0.05, 0) is 17.7 Å². The third-order valence-electron chi connectivity index (χ3n) is 2.22. The minimum Gasteiger partial charge on any atom is -0.373 e. The highest BCUT2D eigenvalue weighted by Crippen LogP contribution is 2.29. The van der Waals surface area contributed by atoms with Crippen LogP contribution in [0.3, 0.4) is 0 Å². The molecule has 0 amide bonds. The van der Waals surface area contributed by atoms with Gasteiger partial charge in [0.05, 0.1) is 0 Å². The van der Waals surface area contributed by atoms with Crippen molar-refractivity contribution in [3.63, 3.8) is 0 Å². The van der Waals surface area contributed by atoms with Crippen LogP contribution in [0.5, 0.6) is 0 Å². The van der Waals surface area contributed by atoms with E-state index in [1.807, 2.05) is 44.4 Å².